The van der Waals surface area contributed by atoms with Gasteiger partial charge in [0.15, 0.2) is 0 Å². The van der Waals surface area contributed by atoms with E-state index in [0.717, 1.165) is 32.8 Å². The molecule has 0 aromatic heterocycles. The van der Waals surface area contributed by atoms with Crippen LogP contribution in [-0.4, -0.2) is 37.9 Å². The minimum atomic E-state index is 0.881. The summed E-state index contributed by atoms with van der Waals surface area (Å²) in [7, 11) is 0. The fourth-order valence-corrected chi connectivity index (χ4v) is 3.81. The lowest BCUT2D eigenvalue weighted by Crippen LogP contribution is -2.45. The highest BCUT2D eigenvalue weighted by Gasteiger charge is 2.08. The van der Waals surface area contributed by atoms with Crippen LogP contribution in [0.1, 0.15) is 116 Å². The Morgan fingerprint density at radius 2 is 0.962 bits per heavy atom. The number of hydrogen-bond donors (Lipinski definition) is 1. The monoisotopic (exact) mass is 368 g/mol. The fraction of sp³-hybridized carbons (Fsp3) is 1.00. The van der Waals surface area contributed by atoms with Gasteiger partial charge in [-0.2, -0.15) is 0 Å². The molecule has 1 fully saturated rings. The van der Waals surface area contributed by atoms with Crippen LogP contribution >= 0.6 is 0 Å². The lowest BCUT2D eigenvalue weighted by molar-refractivity contribution is 0.0118. The zero-order valence-electron chi connectivity index (χ0n) is 17.9. The third-order valence-electron chi connectivity index (χ3n) is 5.63. The maximum atomic E-state index is 5.36. The number of nitrogens with one attached hydrogen (secondary N) is 1. The third kappa shape index (κ3) is 16.1. The summed E-state index contributed by atoms with van der Waals surface area (Å²) < 4.78 is 5.36. The predicted molar refractivity (Wildman–Crippen MR) is 115 cm³/mol. The number of hydrazine groups is 1. The average molecular weight is 369 g/mol. The number of rotatable bonds is 19. The molecule has 0 spiro atoms. The van der Waals surface area contributed by atoms with E-state index in [0.29, 0.717) is 0 Å². The highest BCUT2D eigenvalue weighted by molar-refractivity contribution is 4.57. The lowest BCUT2D eigenvalue weighted by atomic mass is 10.0. The van der Waals surface area contributed by atoms with E-state index in [-0.39, 0.29) is 0 Å². The first-order valence-corrected chi connectivity index (χ1v) is 12.0. The van der Waals surface area contributed by atoms with Crippen LogP contribution in [0, 0.1) is 0 Å². The molecule has 0 bridgehead atoms. The molecule has 1 rings (SSSR count). The van der Waals surface area contributed by atoms with Gasteiger partial charge in [-0.15, -0.1) is 0 Å². The van der Waals surface area contributed by atoms with E-state index < -0.39 is 0 Å². The molecule has 0 radical (unpaired) electrons. The van der Waals surface area contributed by atoms with Gasteiger partial charge in [-0.25, -0.2) is 5.01 Å². The van der Waals surface area contributed by atoms with E-state index >= 15 is 0 Å². The van der Waals surface area contributed by atoms with E-state index in [1.54, 1.807) is 0 Å². The van der Waals surface area contributed by atoms with Gasteiger partial charge in [-0.05, 0) is 6.42 Å². The van der Waals surface area contributed by atoms with Crippen molar-refractivity contribution in [3.05, 3.63) is 0 Å². The number of morpholine rings is 1. The second-order valence-corrected chi connectivity index (χ2v) is 8.16. The zero-order valence-corrected chi connectivity index (χ0v) is 17.9. The zero-order chi connectivity index (χ0) is 18.5. The highest BCUT2D eigenvalue weighted by atomic mass is 16.5. The summed E-state index contributed by atoms with van der Waals surface area (Å²) in [5, 5.41) is 2.32. The van der Waals surface area contributed by atoms with Crippen molar-refractivity contribution in [1.82, 2.24) is 10.4 Å². The summed E-state index contributed by atoms with van der Waals surface area (Å²) in [5.41, 5.74) is 3.53. The van der Waals surface area contributed by atoms with E-state index in [2.05, 4.69) is 17.4 Å². The summed E-state index contributed by atoms with van der Waals surface area (Å²) in [6, 6.07) is 0. The van der Waals surface area contributed by atoms with Crippen LogP contribution in [0.3, 0.4) is 0 Å². The summed E-state index contributed by atoms with van der Waals surface area (Å²) in [6.07, 6.45) is 24.5. The smallest absolute Gasteiger partial charge is 0.0608 e. The molecule has 156 valence electrons. The van der Waals surface area contributed by atoms with Gasteiger partial charge in [-0.1, -0.05) is 110 Å². The molecule has 0 unspecified atom stereocenters. The van der Waals surface area contributed by atoms with Crippen LogP contribution < -0.4 is 5.43 Å². The summed E-state index contributed by atoms with van der Waals surface area (Å²) >= 11 is 0. The standard InChI is InChI=1S/C23H48N2O/c1-2-3-4-5-6-7-8-9-10-11-12-13-14-15-16-17-18-19-24-25-20-22-26-23-21-25/h24H,2-23H2,1H3. The first-order chi connectivity index (χ1) is 12.9. The molecule has 1 aliphatic heterocycles. The van der Waals surface area contributed by atoms with Crippen LogP contribution in [0.4, 0.5) is 0 Å². The first-order valence-electron chi connectivity index (χ1n) is 12.0. The number of ether oxygens (including phenoxy) is 1. The van der Waals surface area contributed by atoms with Gasteiger partial charge in [0.2, 0.25) is 0 Å². The fourth-order valence-electron chi connectivity index (χ4n) is 3.81. The SMILES string of the molecule is CCCCCCCCCCCCCCCCCCCNN1CCOCC1. The molecule has 1 saturated heterocycles. The topological polar surface area (TPSA) is 24.5 Å². The first kappa shape index (κ1) is 23.9. The van der Waals surface area contributed by atoms with Crippen molar-refractivity contribution >= 4 is 0 Å². The minimum absolute atomic E-state index is 0.881. The molecule has 1 N–H and O–H groups in total. The number of hydrogen-bond acceptors (Lipinski definition) is 3. The summed E-state index contributed by atoms with van der Waals surface area (Å²) in [4.78, 5) is 0. The molecule has 0 saturated carbocycles. The van der Waals surface area contributed by atoms with Gasteiger partial charge in [0.25, 0.3) is 0 Å². The van der Waals surface area contributed by atoms with Crippen molar-refractivity contribution in [3.8, 4) is 0 Å². The molecule has 0 aromatic rings. The molecule has 0 amide bonds. The van der Waals surface area contributed by atoms with Crippen molar-refractivity contribution in [3.63, 3.8) is 0 Å². The Morgan fingerprint density at radius 3 is 1.38 bits per heavy atom. The minimum Gasteiger partial charge on any atom is -0.379 e. The Hall–Kier alpha value is -0.120. The highest BCUT2D eigenvalue weighted by Crippen LogP contribution is 2.13. The second kappa shape index (κ2) is 19.6. The van der Waals surface area contributed by atoms with E-state index in [9.17, 15) is 0 Å². The molecule has 0 atom stereocenters. The molecule has 0 aromatic carbocycles. The summed E-state index contributed by atoms with van der Waals surface area (Å²) in [6.45, 7) is 7.28. The quantitative estimate of drug-likeness (QED) is 0.264. The normalized spacial score (nSPS) is 15.6. The van der Waals surface area contributed by atoms with Crippen molar-refractivity contribution in [2.75, 3.05) is 32.8 Å². The van der Waals surface area contributed by atoms with Gasteiger partial charge in [0.05, 0.1) is 13.2 Å². The predicted octanol–water partition coefficient (Wildman–Crippen LogP) is 6.47. The van der Waals surface area contributed by atoms with Crippen molar-refractivity contribution in [2.24, 2.45) is 0 Å². The number of nitrogens with zero attached hydrogens (tertiary/aromatic N) is 1. The largest absolute Gasteiger partial charge is 0.379 e. The Kier molecular flexibility index (Phi) is 18.1. The molecular weight excluding hydrogens is 320 g/mol. The molecule has 0 aliphatic carbocycles. The lowest BCUT2D eigenvalue weighted by Gasteiger charge is -2.27. The van der Waals surface area contributed by atoms with E-state index in [4.69, 9.17) is 4.74 Å². The molecule has 1 aliphatic rings. The Morgan fingerprint density at radius 1 is 0.577 bits per heavy atom. The van der Waals surface area contributed by atoms with Gasteiger partial charge < -0.3 is 4.74 Å². The van der Waals surface area contributed by atoms with Crippen molar-refractivity contribution < 1.29 is 4.74 Å². The van der Waals surface area contributed by atoms with Crippen LogP contribution in [0.15, 0.2) is 0 Å². The third-order valence-corrected chi connectivity index (χ3v) is 5.63. The second-order valence-electron chi connectivity index (χ2n) is 8.16. The summed E-state index contributed by atoms with van der Waals surface area (Å²) in [5.74, 6) is 0. The van der Waals surface area contributed by atoms with Crippen molar-refractivity contribution in [2.45, 2.75) is 116 Å². The number of unbranched alkanes of at least 4 members (excludes halogenated alkanes) is 16. The van der Waals surface area contributed by atoms with E-state index in [1.165, 1.54) is 109 Å². The van der Waals surface area contributed by atoms with Gasteiger partial charge in [-0.3, -0.25) is 5.43 Å². The Balaban J connectivity index is 1.65. The van der Waals surface area contributed by atoms with Crippen LogP contribution in [-0.2, 0) is 4.74 Å². The van der Waals surface area contributed by atoms with Gasteiger partial charge in [0.1, 0.15) is 0 Å². The Bertz CT molecular complexity index is 267. The molecule has 26 heavy (non-hydrogen) atoms. The molecule has 1 heterocycles. The maximum Gasteiger partial charge on any atom is 0.0608 e. The Labute approximate surface area is 164 Å². The van der Waals surface area contributed by atoms with Gasteiger partial charge >= 0.3 is 0 Å². The van der Waals surface area contributed by atoms with Crippen molar-refractivity contribution in [1.29, 1.82) is 0 Å². The van der Waals surface area contributed by atoms with Crippen LogP contribution in [0.2, 0.25) is 0 Å². The van der Waals surface area contributed by atoms with Crippen LogP contribution in [0.5, 0.6) is 0 Å². The maximum absolute atomic E-state index is 5.36. The van der Waals surface area contributed by atoms with Gasteiger partial charge in [0, 0.05) is 19.6 Å². The van der Waals surface area contributed by atoms with E-state index in [1.807, 2.05) is 0 Å². The average Bonchev–Trinajstić information content (AvgIpc) is 2.68. The molecule has 3 nitrogen and oxygen atoms in total. The molecule has 3 heteroatoms. The molecular formula is C23H48N2O. The van der Waals surface area contributed by atoms with Crippen LogP contribution in [0.25, 0.3) is 0 Å².